The second-order valence-corrected chi connectivity index (χ2v) is 7.44. The van der Waals surface area contributed by atoms with E-state index in [1.165, 1.54) is 18.3 Å². The Morgan fingerprint density at radius 2 is 2.05 bits per heavy atom. The molecule has 110 valence electrons. The molecule has 0 saturated carbocycles. The van der Waals surface area contributed by atoms with Gasteiger partial charge in [0.15, 0.2) is 0 Å². The summed E-state index contributed by atoms with van der Waals surface area (Å²) in [5.41, 5.74) is 0.754. The molecule has 2 N–H and O–H groups in total. The molecule has 2 rings (SSSR count). The van der Waals surface area contributed by atoms with Gasteiger partial charge in [0, 0.05) is 25.5 Å². The van der Waals surface area contributed by atoms with Gasteiger partial charge in [-0.05, 0) is 68.9 Å². The maximum Gasteiger partial charge on any atom is 0.265 e. The van der Waals surface area contributed by atoms with Gasteiger partial charge in [-0.25, -0.2) is 0 Å². The molecule has 2 amide bonds. The number of amides is 2. The van der Waals surface area contributed by atoms with Crippen molar-refractivity contribution >= 4 is 67.4 Å². The first-order chi connectivity index (χ1) is 9.95. The summed E-state index contributed by atoms with van der Waals surface area (Å²) >= 11 is 6.99. The lowest BCUT2D eigenvalue weighted by Crippen LogP contribution is -2.18. The van der Waals surface area contributed by atoms with Crippen molar-refractivity contribution in [2.45, 2.75) is 13.5 Å². The van der Waals surface area contributed by atoms with E-state index in [2.05, 4.69) is 49.2 Å². The molecule has 1 heterocycles. The van der Waals surface area contributed by atoms with Crippen LogP contribution in [0.1, 0.15) is 21.5 Å². The number of hydrogen-bond acceptors (Lipinski definition) is 3. The fourth-order valence-electron chi connectivity index (χ4n) is 1.57. The van der Waals surface area contributed by atoms with Crippen LogP contribution in [0, 0.1) is 3.57 Å². The first-order valence-corrected chi connectivity index (χ1v) is 8.74. The Morgan fingerprint density at radius 3 is 2.71 bits per heavy atom. The van der Waals surface area contributed by atoms with Gasteiger partial charge in [0.05, 0.1) is 11.4 Å². The van der Waals surface area contributed by atoms with Gasteiger partial charge < -0.3 is 10.6 Å². The zero-order valence-corrected chi connectivity index (χ0v) is 15.6. The number of rotatable bonds is 4. The van der Waals surface area contributed by atoms with Crippen LogP contribution in [-0.4, -0.2) is 11.8 Å². The van der Waals surface area contributed by atoms with Gasteiger partial charge in [-0.3, -0.25) is 9.59 Å². The molecule has 21 heavy (non-hydrogen) atoms. The maximum absolute atomic E-state index is 12.2. The summed E-state index contributed by atoms with van der Waals surface area (Å²) in [6.45, 7) is 1.92. The van der Waals surface area contributed by atoms with Gasteiger partial charge in [0.2, 0.25) is 5.91 Å². The van der Waals surface area contributed by atoms with Gasteiger partial charge in [0.25, 0.3) is 5.91 Å². The minimum Gasteiger partial charge on any atom is -0.351 e. The van der Waals surface area contributed by atoms with Crippen LogP contribution in [0.5, 0.6) is 0 Å². The quantitative estimate of drug-likeness (QED) is 0.652. The molecule has 1 aromatic carbocycles. The molecule has 4 nitrogen and oxygen atoms in total. The van der Waals surface area contributed by atoms with Crippen LogP contribution >= 0.6 is 49.9 Å². The Hall–Kier alpha value is -0.930. The maximum atomic E-state index is 12.2. The lowest BCUT2D eigenvalue weighted by atomic mass is 10.3. The summed E-state index contributed by atoms with van der Waals surface area (Å²) in [4.78, 5) is 24.6. The highest BCUT2D eigenvalue weighted by atomic mass is 127. The molecule has 0 spiro atoms. The van der Waals surface area contributed by atoms with Crippen LogP contribution in [0.15, 0.2) is 34.8 Å². The van der Waals surface area contributed by atoms with Crippen molar-refractivity contribution in [2.24, 2.45) is 0 Å². The highest BCUT2D eigenvalue weighted by Gasteiger charge is 2.10. The van der Waals surface area contributed by atoms with Gasteiger partial charge in [-0.2, -0.15) is 0 Å². The first-order valence-electron chi connectivity index (χ1n) is 6.05. The number of benzene rings is 1. The lowest BCUT2D eigenvalue weighted by Gasteiger charge is -2.05. The Balaban J connectivity index is 2.03. The van der Waals surface area contributed by atoms with E-state index in [0.29, 0.717) is 11.4 Å². The second kappa shape index (κ2) is 7.37. The topological polar surface area (TPSA) is 58.2 Å². The van der Waals surface area contributed by atoms with Crippen LogP contribution in [0.2, 0.25) is 0 Å². The Kier molecular flexibility index (Phi) is 5.77. The summed E-state index contributed by atoms with van der Waals surface area (Å²) in [6.07, 6.45) is 0. The number of hydrogen-bond donors (Lipinski definition) is 2. The van der Waals surface area contributed by atoms with E-state index in [1.54, 1.807) is 6.07 Å². The number of thiophene rings is 1. The molecule has 0 fully saturated rings. The number of carbonyl (C=O) groups is 2. The summed E-state index contributed by atoms with van der Waals surface area (Å²) in [6, 6.07) is 9.25. The zero-order chi connectivity index (χ0) is 15.4. The molecular weight excluding hydrogens is 467 g/mol. The largest absolute Gasteiger partial charge is 0.351 e. The Labute approximate surface area is 148 Å². The minimum atomic E-state index is -0.146. The molecule has 0 saturated heterocycles. The van der Waals surface area contributed by atoms with E-state index in [0.717, 1.165) is 18.6 Å². The summed E-state index contributed by atoms with van der Waals surface area (Å²) in [5.74, 6) is -0.231. The van der Waals surface area contributed by atoms with Gasteiger partial charge >= 0.3 is 0 Å². The molecule has 0 aliphatic heterocycles. The predicted octanol–water partition coefficient (Wildman–Crippen LogP) is 4.00. The molecule has 0 radical (unpaired) electrons. The fraction of sp³-hybridized carbons (Fsp3) is 0.143. The number of anilines is 1. The van der Waals surface area contributed by atoms with E-state index < -0.39 is 0 Å². The van der Waals surface area contributed by atoms with E-state index in [-0.39, 0.29) is 11.8 Å². The monoisotopic (exact) mass is 478 g/mol. The molecule has 0 unspecified atom stereocenters. The Morgan fingerprint density at radius 1 is 1.29 bits per heavy atom. The third-order valence-corrected chi connectivity index (χ3v) is 5.98. The third-order valence-electron chi connectivity index (χ3n) is 2.57. The molecule has 1 aromatic heterocycles. The van der Waals surface area contributed by atoms with Crippen LogP contribution in [-0.2, 0) is 11.3 Å². The normalized spacial score (nSPS) is 10.2. The van der Waals surface area contributed by atoms with Crippen molar-refractivity contribution in [3.8, 4) is 0 Å². The number of halogens is 2. The van der Waals surface area contributed by atoms with Gasteiger partial charge in [-0.1, -0.05) is 0 Å². The minimum absolute atomic E-state index is 0.0844. The van der Waals surface area contributed by atoms with E-state index >= 15 is 0 Å². The van der Waals surface area contributed by atoms with Crippen molar-refractivity contribution in [3.63, 3.8) is 0 Å². The van der Waals surface area contributed by atoms with Crippen molar-refractivity contribution in [1.29, 1.82) is 0 Å². The van der Waals surface area contributed by atoms with E-state index in [4.69, 9.17) is 0 Å². The highest BCUT2D eigenvalue weighted by molar-refractivity contribution is 14.1. The number of nitrogens with one attached hydrogen (secondary N) is 2. The van der Waals surface area contributed by atoms with Crippen LogP contribution in [0.4, 0.5) is 5.69 Å². The molecular formula is C14H12BrIN2O2S. The van der Waals surface area contributed by atoms with Crippen LogP contribution in [0.25, 0.3) is 0 Å². The van der Waals surface area contributed by atoms with E-state index in [9.17, 15) is 9.59 Å². The Bertz CT molecular complexity index is 687. The van der Waals surface area contributed by atoms with Gasteiger partial charge in [-0.15, -0.1) is 11.3 Å². The van der Waals surface area contributed by atoms with Crippen molar-refractivity contribution in [1.82, 2.24) is 5.32 Å². The smallest absolute Gasteiger partial charge is 0.265 e. The molecule has 0 atom stereocenters. The van der Waals surface area contributed by atoms with Crippen LogP contribution < -0.4 is 10.6 Å². The average molecular weight is 479 g/mol. The van der Waals surface area contributed by atoms with Gasteiger partial charge in [0.1, 0.15) is 0 Å². The lowest BCUT2D eigenvalue weighted by molar-refractivity contribution is -0.119. The average Bonchev–Trinajstić information content (AvgIpc) is 2.89. The van der Waals surface area contributed by atoms with Crippen molar-refractivity contribution in [3.05, 3.63) is 48.1 Å². The SMILES string of the molecule is CC(=O)NCc1ccc(C(=O)Nc2ccc(Br)c(I)c2)s1. The molecule has 2 aromatic rings. The van der Waals surface area contributed by atoms with Crippen LogP contribution in [0.3, 0.4) is 0 Å². The molecule has 7 heteroatoms. The van der Waals surface area contributed by atoms with Crippen molar-refractivity contribution < 1.29 is 9.59 Å². The summed E-state index contributed by atoms with van der Waals surface area (Å²) < 4.78 is 2.03. The summed E-state index contributed by atoms with van der Waals surface area (Å²) in [7, 11) is 0. The molecule has 0 aliphatic rings. The predicted molar refractivity (Wildman–Crippen MR) is 96.7 cm³/mol. The van der Waals surface area contributed by atoms with Crippen molar-refractivity contribution in [2.75, 3.05) is 5.32 Å². The third kappa shape index (κ3) is 4.79. The molecule has 0 aliphatic carbocycles. The first kappa shape index (κ1) is 16.4. The highest BCUT2D eigenvalue weighted by Crippen LogP contribution is 2.24. The second-order valence-electron chi connectivity index (χ2n) is 4.26. The fourth-order valence-corrected chi connectivity index (χ4v) is 3.18. The van der Waals surface area contributed by atoms with E-state index in [1.807, 2.05) is 24.3 Å². The zero-order valence-electron chi connectivity index (χ0n) is 11.1. The standard InChI is InChI=1S/C14H12BrIN2O2S/c1-8(19)17-7-10-3-5-13(21-10)14(20)18-9-2-4-11(15)12(16)6-9/h2-6H,7H2,1H3,(H,17,19)(H,18,20). The molecule has 0 bridgehead atoms. The summed E-state index contributed by atoms with van der Waals surface area (Å²) in [5, 5.41) is 5.57. The number of carbonyl (C=O) groups excluding carboxylic acids is 2.